The minimum Gasteiger partial charge on any atom is -0.382 e. The topological polar surface area (TPSA) is 55.2 Å². The second-order valence-corrected chi connectivity index (χ2v) is 2.32. The number of hydrogen-bond acceptors (Lipinski definition) is 3. The van der Waals surface area contributed by atoms with E-state index in [0.717, 1.165) is 0 Å². The van der Waals surface area contributed by atoms with Gasteiger partial charge in [-0.3, -0.25) is 10.1 Å². The van der Waals surface area contributed by atoms with Crippen molar-refractivity contribution in [1.82, 2.24) is 0 Å². The molecule has 1 aromatic carbocycles. The lowest BCUT2D eigenvalue weighted by Crippen LogP contribution is -1.98. The lowest BCUT2D eigenvalue weighted by molar-refractivity contribution is -0.384. The Morgan fingerprint density at radius 3 is 2.67 bits per heavy atom. The number of anilines is 1. The summed E-state index contributed by atoms with van der Waals surface area (Å²) in [5.74, 6) is 0. The van der Waals surface area contributed by atoms with Crippen LogP contribution in [0, 0.1) is 17.0 Å². The van der Waals surface area contributed by atoms with Crippen LogP contribution < -0.4 is 5.32 Å². The molecule has 1 radical (unpaired) electrons. The zero-order valence-electron chi connectivity index (χ0n) is 6.70. The maximum absolute atomic E-state index is 10.5. The van der Waals surface area contributed by atoms with Crippen LogP contribution >= 0.6 is 0 Å². The number of rotatable bonds is 2. The van der Waals surface area contributed by atoms with Crippen LogP contribution in [0.5, 0.6) is 0 Å². The molecule has 0 fully saturated rings. The van der Waals surface area contributed by atoms with Crippen LogP contribution in [-0.4, -0.2) is 12.0 Å². The molecule has 12 heavy (non-hydrogen) atoms. The van der Waals surface area contributed by atoms with Crippen molar-refractivity contribution >= 4 is 11.4 Å². The molecule has 0 heterocycles. The van der Waals surface area contributed by atoms with Gasteiger partial charge in [0.05, 0.1) is 4.92 Å². The van der Waals surface area contributed by atoms with Crippen molar-refractivity contribution in [2.45, 2.75) is 0 Å². The largest absolute Gasteiger partial charge is 0.382 e. The Balaban J connectivity index is 3.27. The first-order valence-electron chi connectivity index (χ1n) is 3.44. The number of nitro groups is 1. The molecule has 0 amide bonds. The van der Waals surface area contributed by atoms with Crippen LogP contribution in [0.25, 0.3) is 0 Å². The van der Waals surface area contributed by atoms with Crippen LogP contribution in [0.2, 0.25) is 0 Å². The molecule has 1 aromatic rings. The summed E-state index contributed by atoms with van der Waals surface area (Å²) in [6.07, 6.45) is 0. The van der Waals surface area contributed by atoms with Gasteiger partial charge in [-0.15, -0.1) is 0 Å². The van der Waals surface area contributed by atoms with Gasteiger partial charge < -0.3 is 5.32 Å². The molecule has 0 aliphatic rings. The molecular formula is C8H9N2O2. The van der Waals surface area contributed by atoms with Crippen LogP contribution in [0.3, 0.4) is 0 Å². The van der Waals surface area contributed by atoms with Crippen molar-refractivity contribution in [3.63, 3.8) is 0 Å². The SMILES string of the molecule is [CH2]c1cccc([N+](=O)[O-])c1NC. The van der Waals surface area contributed by atoms with E-state index in [1.807, 2.05) is 0 Å². The lowest BCUT2D eigenvalue weighted by Gasteiger charge is -2.03. The number of para-hydroxylation sites is 1. The van der Waals surface area contributed by atoms with Crippen LogP contribution in [-0.2, 0) is 0 Å². The molecule has 0 bridgehead atoms. The summed E-state index contributed by atoms with van der Waals surface area (Å²) in [5, 5.41) is 13.2. The van der Waals surface area contributed by atoms with Crippen LogP contribution in [0.4, 0.5) is 11.4 Å². The van der Waals surface area contributed by atoms with E-state index in [2.05, 4.69) is 12.2 Å². The van der Waals surface area contributed by atoms with Gasteiger partial charge in [-0.25, -0.2) is 0 Å². The van der Waals surface area contributed by atoms with Gasteiger partial charge >= 0.3 is 0 Å². The first-order valence-corrected chi connectivity index (χ1v) is 3.44. The molecule has 0 aliphatic carbocycles. The highest BCUT2D eigenvalue weighted by atomic mass is 16.6. The summed E-state index contributed by atoms with van der Waals surface area (Å²) >= 11 is 0. The predicted molar refractivity (Wildman–Crippen MR) is 47.1 cm³/mol. The highest BCUT2D eigenvalue weighted by molar-refractivity contribution is 5.66. The molecule has 1 N–H and O–H groups in total. The van der Waals surface area contributed by atoms with E-state index < -0.39 is 4.92 Å². The lowest BCUT2D eigenvalue weighted by atomic mass is 10.2. The molecule has 1 rings (SSSR count). The molecular weight excluding hydrogens is 156 g/mol. The van der Waals surface area contributed by atoms with Gasteiger partial charge in [0.2, 0.25) is 0 Å². The Morgan fingerprint density at radius 2 is 2.25 bits per heavy atom. The Labute approximate surface area is 70.4 Å². The third-order valence-corrected chi connectivity index (χ3v) is 1.58. The van der Waals surface area contributed by atoms with Gasteiger partial charge in [0.1, 0.15) is 5.69 Å². The minimum atomic E-state index is -0.430. The van der Waals surface area contributed by atoms with Gasteiger partial charge in [0.15, 0.2) is 0 Å². The van der Waals surface area contributed by atoms with E-state index in [-0.39, 0.29) is 5.69 Å². The molecule has 0 unspecified atom stereocenters. The smallest absolute Gasteiger partial charge is 0.292 e. The number of benzene rings is 1. The van der Waals surface area contributed by atoms with E-state index in [4.69, 9.17) is 0 Å². The molecule has 0 spiro atoms. The summed E-state index contributed by atoms with van der Waals surface area (Å²) in [6, 6.07) is 4.78. The standard InChI is InChI=1S/C8H9N2O2/c1-6-4-3-5-7(10(11)12)8(6)9-2/h3-5,9H,1H2,2H3. The maximum Gasteiger partial charge on any atom is 0.292 e. The van der Waals surface area contributed by atoms with Crippen molar-refractivity contribution in [1.29, 1.82) is 0 Å². The quantitative estimate of drug-likeness (QED) is 0.537. The highest BCUT2D eigenvalue weighted by Crippen LogP contribution is 2.26. The number of nitrogens with zero attached hydrogens (tertiary/aromatic N) is 1. The highest BCUT2D eigenvalue weighted by Gasteiger charge is 2.12. The summed E-state index contributed by atoms with van der Waals surface area (Å²) < 4.78 is 0. The van der Waals surface area contributed by atoms with Crippen molar-refractivity contribution < 1.29 is 4.92 Å². The Bertz CT molecular complexity index is 310. The van der Waals surface area contributed by atoms with Gasteiger partial charge in [0, 0.05) is 13.1 Å². The molecule has 0 saturated carbocycles. The number of nitro benzene ring substituents is 1. The number of hydrogen-bond donors (Lipinski definition) is 1. The van der Waals surface area contributed by atoms with E-state index in [0.29, 0.717) is 11.3 Å². The van der Waals surface area contributed by atoms with Crippen molar-refractivity contribution in [2.75, 3.05) is 12.4 Å². The fraction of sp³-hybridized carbons (Fsp3) is 0.125. The van der Waals surface area contributed by atoms with Crippen LogP contribution in [0.15, 0.2) is 18.2 Å². The molecule has 0 aromatic heterocycles. The summed E-state index contributed by atoms with van der Waals surface area (Å²) in [4.78, 5) is 10.0. The first-order chi connectivity index (χ1) is 5.66. The summed E-state index contributed by atoms with van der Waals surface area (Å²) in [7, 11) is 1.64. The zero-order valence-corrected chi connectivity index (χ0v) is 6.70. The summed E-state index contributed by atoms with van der Waals surface area (Å²) in [6.45, 7) is 3.67. The molecule has 0 atom stereocenters. The van der Waals surface area contributed by atoms with E-state index >= 15 is 0 Å². The van der Waals surface area contributed by atoms with Crippen LogP contribution in [0.1, 0.15) is 5.56 Å². The number of nitrogens with one attached hydrogen (secondary N) is 1. The Morgan fingerprint density at radius 1 is 1.58 bits per heavy atom. The van der Waals surface area contributed by atoms with Gasteiger partial charge in [0.25, 0.3) is 5.69 Å². The van der Waals surface area contributed by atoms with Crippen molar-refractivity contribution in [3.8, 4) is 0 Å². The van der Waals surface area contributed by atoms with Crippen molar-refractivity contribution in [3.05, 3.63) is 40.8 Å². The molecule has 63 valence electrons. The molecule has 0 aliphatic heterocycles. The average Bonchev–Trinajstić information content (AvgIpc) is 2.03. The van der Waals surface area contributed by atoms with E-state index in [9.17, 15) is 10.1 Å². The van der Waals surface area contributed by atoms with Gasteiger partial charge in [-0.2, -0.15) is 0 Å². The van der Waals surface area contributed by atoms with E-state index in [1.54, 1.807) is 19.2 Å². The molecule has 0 saturated heterocycles. The monoisotopic (exact) mass is 165 g/mol. The van der Waals surface area contributed by atoms with Gasteiger partial charge in [-0.05, 0) is 12.5 Å². The predicted octanol–water partition coefficient (Wildman–Crippen LogP) is 1.82. The van der Waals surface area contributed by atoms with Crippen molar-refractivity contribution in [2.24, 2.45) is 0 Å². The zero-order chi connectivity index (χ0) is 9.14. The third-order valence-electron chi connectivity index (χ3n) is 1.58. The normalized spacial score (nSPS) is 9.50. The Hall–Kier alpha value is -1.58. The van der Waals surface area contributed by atoms with Gasteiger partial charge in [-0.1, -0.05) is 12.1 Å². The minimum absolute atomic E-state index is 0.0602. The fourth-order valence-corrected chi connectivity index (χ4v) is 1.03. The first kappa shape index (κ1) is 8.52. The second kappa shape index (κ2) is 3.21. The summed E-state index contributed by atoms with van der Waals surface area (Å²) in [5.41, 5.74) is 1.17. The Kier molecular flexibility index (Phi) is 2.28. The fourth-order valence-electron chi connectivity index (χ4n) is 1.03. The average molecular weight is 165 g/mol. The third kappa shape index (κ3) is 1.37. The second-order valence-electron chi connectivity index (χ2n) is 2.32. The molecule has 4 heteroatoms. The molecule has 4 nitrogen and oxygen atoms in total. The van der Waals surface area contributed by atoms with E-state index in [1.165, 1.54) is 6.07 Å². The maximum atomic E-state index is 10.5.